The average Bonchev–Trinajstić information content (AvgIpc) is 3.33. The number of ether oxygens (including phenoxy) is 1. The molecule has 4 atom stereocenters. The van der Waals surface area contributed by atoms with E-state index in [9.17, 15) is 0 Å². The lowest BCUT2D eigenvalue weighted by atomic mass is 10.0. The summed E-state index contributed by atoms with van der Waals surface area (Å²) in [6.45, 7) is 0. The van der Waals surface area contributed by atoms with Gasteiger partial charge in [-0.25, -0.2) is 0 Å². The molecule has 3 nitrogen and oxygen atoms in total. The number of rotatable bonds is 4. The smallest absolute Gasteiger partial charge is 0.133 e. The Balaban J connectivity index is 1.60. The lowest BCUT2D eigenvalue weighted by Gasteiger charge is -2.17. The molecular formula is C23H20N2O. The van der Waals surface area contributed by atoms with Crippen molar-refractivity contribution in [3.05, 3.63) is 102 Å². The molecular weight excluding hydrogens is 320 g/mol. The van der Waals surface area contributed by atoms with Crippen molar-refractivity contribution in [1.29, 1.82) is 0 Å². The molecule has 0 aromatic heterocycles. The van der Waals surface area contributed by atoms with Crippen molar-refractivity contribution in [2.45, 2.75) is 18.2 Å². The lowest BCUT2D eigenvalue weighted by Crippen LogP contribution is -2.08. The van der Waals surface area contributed by atoms with Crippen molar-refractivity contribution < 1.29 is 4.74 Å². The zero-order valence-electron chi connectivity index (χ0n) is 14.6. The number of fused-ring (bicyclic) bond motifs is 1. The molecule has 2 aliphatic rings. The van der Waals surface area contributed by atoms with Crippen LogP contribution in [0.3, 0.4) is 0 Å². The number of methoxy groups -OCH3 is 1. The normalized spacial score (nSPS) is 26.1. The number of para-hydroxylation sites is 1. The monoisotopic (exact) mass is 340 g/mol. The number of nitrogens with zero attached hydrogens (tertiary/aromatic N) is 2. The predicted molar refractivity (Wildman–Crippen MR) is 104 cm³/mol. The molecule has 26 heavy (non-hydrogen) atoms. The summed E-state index contributed by atoms with van der Waals surface area (Å²) in [5.74, 6) is 0.896. The second-order valence-corrected chi connectivity index (χ2v) is 6.74. The molecule has 5 rings (SSSR count). The van der Waals surface area contributed by atoms with E-state index in [1.54, 1.807) is 7.11 Å². The summed E-state index contributed by atoms with van der Waals surface area (Å²) in [6, 6.07) is 30.2. The minimum absolute atomic E-state index is 0.00318. The van der Waals surface area contributed by atoms with Crippen LogP contribution in [0.1, 0.15) is 28.9 Å². The van der Waals surface area contributed by atoms with Gasteiger partial charge in [-0.3, -0.25) is 9.89 Å². The Bertz CT molecular complexity index is 952. The Morgan fingerprint density at radius 3 is 2.15 bits per heavy atom. The van der Waals surface area contributed by atoms with Gasteiger partial charge in [0.1, 0.15) is 11.9 Å². The van der Waals surface area contributed by atoms with Crippen molar-refractivity contribution in [2.75, 3.05) is 7.11 Å². The van der Waals surface area contributed by atoms with E-state index in [0.717, 1.165) is 11.3 Å². The number of hydrogen-bond donors (Lipinski definition) is 0. The summed E-state index contributed by atoms with van der Waals surface area (Å²) < 4.78 is 5.61. The van der Waals surface area contributed by atoms with Crippen molar-refractivity contribution >= 4 is 5.71 Å². The third-order valence-electron chi connectivity index (χ3n) is 5.30. The van der Waals surface area contributed by atoms with Crippen LogP contribution >= 0.6 is 0 Å². The van der Waals surface area contributed by atoms with E-state index in [1.807, 2.05) is 12.1 Å². The fourth-order valence-electron chi connectivity index (χ4n) is 4.09. The summed E-state index contributed by atoms with van der Waals surface area (Å²) in [5.41, 5.74) is 4.86. The van der Waals surface area contributed by atoms with Crippen LogP contribution in [0.5, 0.6) is 5.75 Å². The summed E-state index contributed by atoms with van der Waals surface area (Å²) in [5, 5.41) is 0. The van der Waals surface area contributed by atoms with E-state index in [1.165, 1.54) is 16.8 Å². The molecule has 0 radical (unpaired) electrons. The highest BCUT2D eigenvalue weighted by Crippen LogP contribution is 2.56. The Kier molecular flexibility index (Phi) is 3.61. The minimum Gasteiger partial charge on any atom is -0.496 e. The van der Waals surface area contributed by atoms with Crippen molar-refractivity contribution in [1.82, 2.24) is 4.90 Å². The maximum atomic E-state index is 5.61. The molecule has 3 aromatic rings. The lowest BCUT2D eigenvalue weighted by molar-refractivity contribution is 0.366. The zero-order valence-corrected chi connectivity index (χ0v) is 14.6. The molecule has 0 amide bonds. The Labute approximate surface area is 153 Å². The van der Waals surface area contributed by atoms with Crippen LogP contribution in [0.15, 0.2) is 89.9 Å². The molecule has 0 aliphatic carbocycles. The third-order valence-corrected chi connectivity index (χ3v) is 5.30. The Hall–Kier alpha value is -2.91. The van der Waals surface area contributed by atoms with Gasteiger partial charge in [0.15, 0.2) is 0 Å². The van der Waals surface area contributed by atoms with Gasteiger partial charge in [0.05, 0.1) is 24.9 Å². The van der Waals surface area contributed by atoms with Crippen LogP contribution < -0.4 is 4.74 Å². The van der Waals surface area contributed by atoms with E-state index in [4.69, 9.17) is 9.73 Å². The van der Waals surface area contributed by atoms with Crippen LogP contribution in [-0.4, -0.2) is 23.8 Å². The van der Waals surface area contributed by atoms with Crippen molar-refractivity contribution in [3.8, 4) is 5.75 Å². The Morgan fingerprint density at radius 2 is 1.42 bits per heavy atom. The van der Waals surface area contributed by atoms with Crippen LogP contribution in [-0.2, 0) is 0 Å². The second-order valence-electron chi connectivity index (χ2n) is 6.74. The highest BCUT2D eigenvalue weighted by molar-refractivity contribution is 6.08. The quantitative estimate of drug-likeness (QED) is 0.647. The maximum absolute atomic E-state index is 5.61. The maximum Gasteiger partial charge on any atom is 0.133 e. The molecule has 1 saturated heterocycles. The van der Waals surface area contributed by atoms with Crippen LogP contribution in [0.25, 0.3) is 0 Å². The van der Waals surface area contributed by atoms with E-state index in [2.05, 4.69) is 77.7 Å². The molecule has 2 aliphatic heterocycles. The van der Waals surface area contributed by atoms with Gasteiger partial charge in [0, 0.05) is 5.56 Å². The van der Waals surface area contributed by atoms with Gasteiger partial charge in [-0.05, 0) is 17.2 Å². The molecule has 1 unspecified atom stereocenters. The largest absolute Gasteiger partial charge is 0.496 e. The fourth-order valence-corrected chi connectivity index (χ4v) is 4.09. The van der Waals surface area contributed by atoms with Crippen LogP contribution in [0.4, 0.5) is 0 Å². The molecule has 0 N–H and O–H groups in total. The summed E-state index contributed by atoms with van der Waals surface area (Å²) in [6.07, 6.45) is -0.00318. The average molecular weight is 340 g/mol. The topological polar surface area (TPSA) is 24.6 Å². The van der Waals surface area contributed by atoms with Gasteiger partial charge in [-0.1, -0.05) is 78.9 Å². The van der Waals surface area contributed by atoms with Crippen LogP contribution in [0.2, 0.25) is 0 Å². The third kappa shape index (κ3) is 2.36. The van der Waals surface area contributed by atoms with Crippen molar-refractivity contribution in [3.63, 3.8) is 0 Å². The zero-order chi connectivity index (χ0) is 17.5. The molecule has 0 spiro atoms. The second kappa shape index (κ2) is 6.11. The van der Waals surface area contributed by atoms with Gasteiger partial charge in [0.2, 0.25) is 0 Å². The van der Waals surface area contributed by atoms with Gasteiger partial charge in [-0.2, -0.15) is 0 Å². The number of benzene rings is 3. The standard InChI is InChI=1S/C23H20N2O/c1-26-19-15-9-8-14-18(19)23-24-20(16-10-4-2-5-11-16)22-21(25(22)23)17-12-6-3-7-13-17/h2-15,21-23H,1H3/t21-,22+,23+,25?/m1/s1. The first-order chi connectivity index (χ1) is 12.9. The highest BCUT2D eigenvalue weighted by atomic mass is 16.5. The molecule has 2 heterocycles. The van der Waals surface area contributed by atoms with E-state index in [-0.39, 0.29) is 6.17 Å². The molecule has 0 bridgehead atoms. The number of hydrogen-bond acceptors (Lipinski definition) is 3. The first kappa shape index (κ1) is 15.4. The SMILES string of the molecule is COc1ccccc1[C@H]1N=C(c2ccccc2)[C@H]2[C@@H](c3ccccc3)N12. The summed E-state index contributed by atoms with van der Waals surface area (Å²) in [4.78, 5) is 7.59. The molecule has 0 saturated carbocycles. The highest BCUT2D eigenvalue weighted by Gasteiger charge is 2.59. The minimum atomic E-state index is -0.00318. The summed E-state index contributed by atoms with van der Waals surface area (Å²) in [7, 11) is 1.73. The van der Waals surface area contributed by atoms with E-state index >= 15 is 0 Å². The number of aliphatic imine (C=N–C) groups is 1. The molecule has 1 fully saturated rings. The first-order valence-electron chi connectivity index (χ1n) is 8.97. The summed E-state index contributed by atoms with van der Waals surface area (Å²) >= 11 is 0. The van der Waals surface area contributed by atoms with Crippen molar-refractivity contribution in [2.24, 2.45) is 4.99 Å². The van der Waals surface area contributed by atoms with Gasteiger partial charge in [0.25, 0.3) is 0 Å². The van der Waals surface area contributed by atoms with Gasteiger partial charge in [-0.15, -0.1) is 0 Å². The molecule has 128 valence electrons. The molecule has 3 aromatic carbocycles. The van der Waals surface area contributed by atoms with E-state index in [0.29, 0.717) is 12.1 Å². The first-order valence-corrected chi connectivity index (χ1v) is 8.97. The molecule has 3 heteroatoms. The van der Waals surface area contributed by atoms with Gasteiger partial charge >= 0.3 is 0 Å². The van der Waals surface area contributed by atoms with E-state index < -0.39 is 0 Å². The van der Waals surface area contributed by atoms with Gasteiger partial charge < -0.3 is 4.74 Å². The Morgan fingerprint density at radius 1 is 0.769 bits per heavy atom. The fraction of sp³-hybridized carbons (Fsp3) is 0.174. The predicted octanol–water partition coefficient (Wildman–Crippen LogP) is 4.62. The van der Waals surface area contributed by atoms with Crippen LogP contribution in [0, 0.1) is 0 Å².